The molecule has 0 radical (unpaired) electrons. The third-order valence-electron chi connectivity index (χ3n) is 7.62. The van der Waals surface area contributed by atoms with Crippen LogP contribution in [-0.2, 0) is 36.5 Å². The summed E-state index contributed by atoms with van der Waals surface area (Å²) < 4.78 is 81.8. The second-order valence-electron chi connectivity index (χ2n) is 11.1. The van der Waals surface area contributed by atoms with Crippen LogP contribution in [0.25, 0.3) is 0 Å². The zero-order valence-corrected chi connectivity index (χ0v) is 22.6. The van der Waals surface area contributed by atoms with Crippen molar-refractivity contribution in [2.24, 2.45) is 5.92 Å². The summed E-state index contributed by atoms with van der Waals surface area (Å²) in [7, 11) is 0. The molecule has 1 aliphatic heterocycles. The van der Waals surface area contributed by atoms with Gasteiger partial charge in [-0.2, -0.15) is 26.3 Å². The van der Waals surface area contributed by atoms with Crippen molar-refractivity contribution in [3.8, 4) is 0 Å². The van der Waals surface area contributed by atoms with E-state index in [9.17, 15) is 31.1 Å². The largest absolute Gasteiger partial charge is 0.416 e. The van der Waals surface area contributed by atoms with Crippen molar-refractivity contribution in [3.05, 3.63) is 63.7 Å². The van der Waals surface area contributed by atoms with Crippen LogP contribution in [0.4, 0.5) is 38.0 Å². The van der Waals surface area contributed by atoms with Crippen molar-refractivity contribution in [3.63, 3.8) is 0 Å². The summed E-state index contributed by atoms with van der Waals surface area (Å²) in [6.07, 6.45) is -5.88. The summed E-state index contributed by atoms with van der Waals surface area (Å²) in [5.74, 6) is 0.217. The van der Waals surface area contributed by atoms with Gasteiger partial charge in [0.05, 0.1) is 17.2 Å². The number of nitrogens with zero attached hydrogens (tertiary/aromatic N) is 5. The van der Waals surface area contributed by atoms with Crippen LogP contribution in [0, 0.1) is 5.92 Å². The highest BCUT2D eigenvalue weighted by molar-refractivity contribution is 5.95. The van der Waals surface area contributed by atoms with Crippen molar-refractivity contribution in [1.29, 1.82) is 0 Å². The van der Waals surface area contributed by atoms with E-state index in [0.29, 0.717) is 25.8 Å². The maximum atomic E-state index is 13.6. The number of H-pyrrole nitrogens is 1. The summed E-state index contributed by atoms with van der Waals surface area (Å²) in [6.45, 7) is 4.04. The van der Waals surface area contributed by atoms with Gasteiger partial charge in [0.15, 0.2) is 0 Å². The smallest absolute Gasteiger partial charge is 0.328 e. The summed E-state index contributed by atoms with van der Waals surface area (Å²) in [4.78, 5) is 16.7. The molecule has 2 aliphatic rings. The molecule has 1 unspecified atom stereocenters. The Bertz CT molecular complexity index is 1370. The zero-order chi connectivity index (χ0) is 29.5. The van der Waals surface area contributed by atoms with E-state index in [1.165, 1.54) is 0 Å². The second-order valence-corrected chi connectivity index (χ2v) is 11.1. The van der Waals surface area contributed by atoms with Gasteiger partial charge < -0.3 is 9.80 Å². The first-order valence-electron chi connectivity index (χ1n) is 13.6. The number of benzene rings is 2. The molecule has 0 bridgehead atoms. The van der Waals surface area contributed by atoms with Crippen molar-refractivity contribution in [1.82, 2.24) is 20.6 Å². The highest BCUT2D eigenvalue weighted by atomic mass is 19.4. The first kappa shape index (κ1) is 28.9. The molecule has 1 N–H and O–H groups in total. The summed E-state index contributed by atoms with van der Waals surface area (Å²) >= 11 is 0. The predicted octanol–water partition coefficient (Wildman–Crippen LogP) is 6.65. The van der Waals surface area contributed by atoms with E-state index in [1.807, 2.05) is 26.0 Å². The van der Waals surface area contributed by atoms with E-state index in [1.54, 1.807) is 9.80 Å². The molecule has 0 saturated heterocycles. The quantitative estimate of drug-likeness (QED) is 0.331. The van der Waals surface area contributed by atoms with Gasteiger partial charge in [-0.1, -0.05) is 25.0 Å². The third kappa shape index (κ3) is 6.18. The molecule has 1 amide bonds. The first-order chi connectivity index (χ1) is 19.3. The lowest BCUT2D eigenvalue weighted by Gasteiger charge is -2.33. The van der Waals surface area contributed by atoms with Crippen LogP contribution in [0.1, 0.15) is 79.0 Å². The maximum absolute atomic E-state index is 13.6. The normalized spacial score (nSPS) is 17.4. The fourth-order valence-corrected chi connectivity index (χ4v) is 5.81. The molecule has 2 heterocycles. The number of hydrogen-bond donors (Lipinski definition) is 1. The topological polar surface area (TPSA) is 78.0 Å². The molecule has 1 aliphatic carbocycles. The van der Waals surface area contributed by atoms with Gasteiger partial charge in [-0.15, -0.1) is 0 Å². The monoisotopic (exact) mass is 580 g/mol. The van der Waals surface area contributed by atoms with Crippen molar-refractivity contribution >= 4 is 17.5 Å². The molecule has 1 atom stereocenters. The lowest BCUT2D eigenvalue weighted by Crippen LogP contribution is -2.33. The molecule has 5 rings (SSSR count). The minimum Gasteiger partial charge on any atom is -0.328 e. The highest BCUT2D eigenvalue weighted by Gasteiger charge is 2.38. The lowest BCUT2D eigenvalue weighted by atomic mass is 9.95. The number of nitrogens with one attached hydrogen (secondary N) is 1. The standard InChI is InChI=1S/C28H30F6N6O/c1-16(2)9-25(41)39-8-4-7-23(22-12-18-5-3-6-19(18)13-24(22)39)40(26-35-37-38-36-26)15-17-10-20(27(29,30)31)14-21(11-17)28(32,33)34/h10-14,16,23H,3-9,15H2,1-2H3,(H,35,36,37,38). The van der Waals surface area contributed by atoms with Gasteiger partial charge in [-0.25, -0.2) is 5.10 Å². The summed E-state index contributed by atoms with van der Waals surface area (Å²) in [5, 5.41) is 13.9. The fourth-order valence-electron chi connectivity index (χ4n) is 5.81. The Hall–Kier alpha value is -3.64. The average molecular weight is 581 g/mol. The van der Waals surface area contributed by atoms with Gasteiger partial charge in [0.2, 0.25) is 11.9 Å². The number of rotatable bonds is 6. The Labute approximate surface area is 232 Å². The molecule has 7 nitrogen and oxygen atoms in total. The van der Waals surface area contributed by atoms with E-state index >= 15 is 0 Å². The number of amides is 1. The van der Waals surface area contributed by atoms with Crippen LogP contribution in [0.15, 0.2) is 30.3 Å². The zero-order valence-electron chi connectivity index (χ0n) is 22.6. The minimum absolute atomic E-state index is 0.0274. The van der Waals surface area contributed by atoms with Crippen molar-refractivity contribution in [2.45, 2.75) is 77.3 Å². The molecule has 220 valence electrons. The minimum atomic E-state index is -4.97. The van der Waals surface area contributed by atoms with Crippen LogP contribution in [-0.4, -0.2) is 33.1 Å². The fraction of sp³-hybridized carbons (Fsp3) is 0.500. The van der Waals surface area contributed by atoms with Gasteiger partial charge in [-0.05, 0) is 95.0 Å². The molecule has 0 fully saturated rings. The van der Waals surface area contributed by atoms with E-state index < -0.39 is 29.5 Å². The summed E-state index contributed by atoms with van der Waals surface area (Å²) in [5.41, 5.74) is 0.803. The van der Waals surface area contributed by atoms with Gasteiger partial charge in [0.1, 0.15) is 0 Å². The van der Waals surface area contributed by atoms with E-state index in [-0.39, 0.29) is 35.9 Å². The number of aromatic amines is 1. The van der Waals surface area contributed by atoms with Crippen LogP contribution in [0.2, 0.25) is 0 Å². The SMILES string of the molecule is CC(C)CC(=O)N1CCCC(N(Cc2cc(C(F)(F)F)cc(C(F)(F)F)c2)c2nnn[nH]2)c2cc3c(cc21)CCC3. The Kier molecular flexibility index (Phi) is 7.73. The van der Waals surface area contributed by atoms with E-state index in [2.05, 4.69) is 20.6 Å². The van der Waals surface area contributed by atoms with Gasteiger partial charge in [0, 0.05) is 25.2 Å². The van der Waals surface area contributed by atoms with Crippen molar-refractivity contribution < 1.29 is 31.1 Å². The Balaban J connectivity index is 1.62. The third-order valence-corrected chi connectivity index (χ3v) is 7.62. The van der Waals surface area contributed by atoms with E-state index in [4.69, 9.17) is 0 Å². The molecule has 0 spiro atoms. The van der Waals surface area contributed by atoms with Crippen LogP contribution < -0.4 is 9.80 Å². The number of carbonyl (C=O) groups is 1. The van der Waals surface area contributed by atoms with Gasteiger partial charge >= 0.3 is 12.4 Å². The molecule has 13 heteroatoms. The number of aryl methyl sites for hydroxylation is 2. The van der Waals surface area contributed by atoms with Crippen LogP contribution in [0.5, 0.6) is 0 Å². The second kappa shape index (κ2) is 11.0. The molecule has 1 aromatic heterocycles. The van der Waals surface area contributed by atoms with Crippen LogP contribution in [0.3, 0.4) is 0 Å². The predicted molar refractivity (Wildman–Crippen MR) is 139 cm³/mol. The molecule has 2 aromatic carbocycles. The maximum Gasteiger partial charge on any atom is 0.416 e. The van der Waals surface area contributed by atoms with Gasteiger partial charge in [0.25, 0.3) is 0 Å². The Morgan fingerprint density at radius 1 is 1.00 bits per heavy atom. The number of carbonyl (C=O) groups excluding carboxylic acids is 1. The Morgan fingerprint density at radius 2 is 1.66 bits per heavy atom. The Morgan fingerprint density at radius 3 is 2.24 bits per heavy atom. The number of aromatic nitrogens is 4. The van der Waals surface area contributed by atoms with Crippen molar-refractivity contribution in [2.75, 3.05) is 16.3 Å². The molecule has 0 saturated carbocycles. The van der Waals surface area contributed by atoms with Gasteiger partial charge in [-0.3, -0.25) is 4.79 Å². The number of anilines is 2. The molecule has 3 aromatic rings. The number of halogens is 6. The lowest BCUT2D eigenvalue weighted by molar-refractivity contribution is -0.143. The average Bonchev–Trinajstić information content (AvgIpc) is 3.54. The number of hydrogen-bond acceptors (Lipinski definition) is 5. The van der Waals surface area contributed by atoms with Crippen LogP contribution >= 0.6 is 0 Å². The number of tetrazole rings is 1. The summed E-state index contributed by atoms with van der Waals surface area (Å²) in [6, 6.07) is 5.11. The number of alkyl halides is 6. The molecular weight excluding hydrogens is 550 g/mol. The van der Waals surface area contributed by atoms with E-state index in [0.717, 1.165) is 53.8 Å². The molecule has 41 heavy (non-hydrogen) atoms. The highest BCUT2D eigenvalue weighted by Crippen LogP contribution is 2.43. The number of fused-ring (bicyclic) bond motifs is 2. The molecular formula is C28H30F6N6O. The first-order valence-corrected chi connectivity index (χ1v) is 13.6.